The minimum absolute atomic E-state index is 0.0233. The van der Waals surface area contributed by atoms with Crippen molar-refractivity contribution in [3.8, 4) is 0 Å². The molecule has 0 spiro atoms. The number of ether oxygens (including phenoxy) is 1. The molecular formula is C12H7F6N3O4. The topological polar surface area (TPSA) is 94.2 Å². The highest BCUT2D eigenvalue weighted by atomic mass is 19.4. The van der Waals surface area contributed by atoms with Crippen LogP contribution in [0.25, 0.3) is 0 Å². The number of hydrogen-bond donors (Lipinski definition) is 0. The van der Waals surface area contributed by atoms with Gasteiger partial charge in [-0.25, -0.2) is 14.8 Å². The fraction of sp³-hybridized carbons (Fsp3) is 0.417. The molecular weight excluding hydrogens is 364 g/mol. The van der Waals surface area contributed by atoms with Gasteiger partial charge in [0.1, 0.15) is 0 Å². The second-order valence-corrected chi connectivity index (χ2v) is 4.73. The molecule has 2 rings (SSSR count). The molecule has 1 aliphatic heterocycles. The van der Waals surface area contributed by atoms with E-state index in [1.807, 2.05) is 0 Å². The van der Waals surface area contributed by atoms with Gasteiger partial charge in [0.05, 0.1) is 22.5 Å². The Morgan fingerprint density at radius 2 is 1.84 bits per heavy atom. The molecule has 1 heterocycles. The Morgan fingerprint density at radius 3 is 2.28 bits per heavy atom. The highest BCUT2D eigenvalue weighted by Gasteiger charge is 2.64. The van der Waals surface area contributed by atoms with Gasteiger partial charge in [0, 0.05) is 6.07 Å². The number of halogens is 6. The van der Waals surface area contributed by atoms with Crippen LogP contribution in [0, 0.1) is 10.1 Å². The summed E-state index contributed by atoms with van der Waals surface area (Å²) in [7, 11) is 0. The quantitative estimate of drug-likeness (QED) is 0.350. The number of hydrogen-bond acceptors (Lipinski definition) is 6. The Labute approximate surface area is 133 Å². The van der Waals surface area contributed by atoms with Gasteiger partial charge in [-0.05, 0) is 13.0 Å². The minimum atomic E-state index is -5.48. The summed E-state index contributed by atoms with van der Waals surface area (Å²) in [5.74, 6) is -2.00. The van der Waals surface area contributed by atoms with Crippen LogP contribution in [0.5, 0.6) is 0 Å². The Bertz CT molecular complexity index is 863. The summed E-state index contributed by atoms with van der Waals surface area (Å²) in [6.07, 6.45) is -10.6. The fourth-order valence-electron chi connectivity index (χ4n) is 2.03. The predicted octanol–water partition coefficient (Wildman–Crippen LogP) is 1.69. The Balaban J connectivity index is 2.87. The van der Waals surface area contributed by atoms with Crippen LogP contribution in [-0.2, 0) is 15.7 Å². The molecule has 0 N–H and O–H groups in total. The molecule has 13 heteroatoms. The SMILES string of the molecule is CCOC(=O)C1(C(F)(F)F)N=c2cc(C(F)(F)F)cc([N+](=O)[O-])c2=N1. The smallest absolute Gasteiger partial charge is 0.445 e. The second-order valence-electron chi connectivity index (χ2n) is 4.73. The maximum absolute atomic E-state index is 13.3. The van der Waals surface area contributed by atoms with E-state index >= 15 is 0 Å². The molecule has 0 saturated carbocycles. The lowest BCUT2D eigenvalue weighted by Gasteiger charge is -2.23. The molecule has 1 unspecified atom stereocenters. The Hall–Kier alpha value is -2.73. The van der Waals surface area contributed by atoms with Crippen molar-refractivity contribution in [1.29, 1.82) is 0 Å². The Kier molecular flexibility index (Phi) is 4.22. The summed E-state index contributed by atoms with van der Waals surface area (Å²) in [6.45, 7) is 0.697. The van der Waals surface area contributed by atoms with Crippen LogP contribution in [0.15, 0.2) is 22.1 Å². The van der Waals surface area contributed by atoms with Crippen molar-refractivity contribution in [1.82, 2.24) is 0 Å². The molecule has 25 heavy (non-hydrogen) atoms. The van der Waals surface area contributed by atoms with E-state index in [2.05, 4.69) is 14.7 Å². The molecule has 136 valence electrons. The van der Waals surface area contributed by atoms with E-state index in [0.717, 1.165) is 0 Å². The summed E-state index contributed by atoms with van der Waals surface area (Å²) in [5, 5.41) is 8.78. The van der Waals surface area contributed by atoms with E-state index in [9.17, 15) is 41.3 Å². The van der Waals surface area contributed by atoms with Gasteiger partial charge in [-0.1, -0.05) is 0 Å². The molecule has 0 aliphatic carbocycles. The van der Waals surface area contributed by atoms with Crippen LogP contribution < -0.4 is 10.7 Å². The number of carbonyl (C=O) groups is 1. The number of rotatable bonds is 3. The van der Waals surface area contributed by atoms with E-state index in [1.165, 1.54) is 6.92 Å². The average molecular weight is 371 g/mol. The van der Waals surface area contributed by atoms with Gasteiger partial charge in [0.15, 0.2) is 5.36 Å². The van der Waals surface area contributed by atoms with Crippen molar-refractivity contribution in [3.05, 3.63) is 38.5 Å². The Morgan fingerprint density at radius 1 is 1.24 bits per heavy atom. The number of nitro groups is 1. The van der Waals surface area contributed by atoms with Gasteiger partial charge in [-0.3, -0.25) is 10.1 Å². The lowest BCUT2D eigenvalue weighted by atomic mass is 10.2. The fourth-order valence-corrected chi connectivity index (χ4v) is 2.03. The lowest BCUT2D eigenvalue weighted by Crippen LogP contribution is -2.49. The largest absolute Gasteiger partial charge is 0.462 e. The van der Waals surface area contributed by atoms with Gasteiger partial charge in [0.2, 0.25) is 0 Å². The molecule has 0 saturated heterocycles. The van der Waals surface area contributed by atoms with Crippen LogP contribution >= 0.6 is 0 Å². The number of nitrogens with zero attached hydrogens (tertiary/aromatic N) is 3. The summed E-state index contributed by atoms with van der Waals surface area (Å²) in [4.78, 5) is 27.2. The van der Waals surface area contributed by atoms with Crippen molar-refractivity contribution in [3.63, 3.8) is 0 Å². The third-order valence-electron chi connectivity index (χ3n) is 3.10. The van der Waals surface area contributed by atoms with Crippen molar-refractivity contribution >= 4 is 11.7 Å². The highest BCUT2D eigenvalue weighted by molar-refractivity contribution is 5.82. The van der Waals surface area contributed by atoms with Crippen molar-refractivity contribution in [2.75, 3.05) is 6.61 Å². The number of nitro benzene ring substituents is 1. The number of fused-ring (bicyclic) bond motifs is 1. The molecule has 0 bridgehead atoms. The first kappa shape index (κ1) is 18.6. The first-order chi connectivity index (χ1) is 11.3. The third-order valence-corrected chi connectivity index (χ3v) is 3.10. The van der Waals surface area contributed by atoms with Crippen LogP contribution in [0.1, 0.15) is 12.5 Å². The summed E-state index contributed by atoms with van der Waals surface area (Å²) < 4.78 is 82.7. The normalized spacial score (nSPS) is 19.6. The zero-order valence-corrected chi connectivity index (χ0v) is 12.1. The average Bonchev–Trinajstić information content (AvgIpc) is 2.85. The standard InChI is InChI=1S/C12H7F6N3O4/c1-2-25-9(22)10(12(16,17)18)19-6-3-5(11(13,14)15)4-7(21(23)24)8(6)20-10/h3-4H,2H2,1H3. The minimum Gasteiger partial charge on any atom is -0.462 e. The van der Waals surface area contributed by atoms with Crippen LogP contribution in [-0.4, -0.2) is 29.3 Å². The summed E-state index contributed by atoms with van der Waals surface area (Å²) >= 11 is 0. The van der Waals surface area contributed by atoms with Gasteiger partial charge >= 0.3 is 24.0 Å². The third kappa shape index (κ3) is 3.00. The molecule has 1 atom stereocenters. The molecule has 1 aliphatic rings. The number of alkyl halides is 6. The zero-order chi connectivity index (χ0) is 19.2. The van der Waals surface area contributed by atoms with Gasteiger partial charge < -0.3 is 4.74 Å². The van der Waals surface area contributed by atoms with Gasteiger partial charge in [-0.2, -0.15) is 26.3 Å². The van der Waals surface area contributed by atoms with Crippen molar-refractivity contribution < 1.29 is 40.8 Å². The van der Waals surface area contributed by atoms with E-state index in [1.54, 1.807) is 0 Å². The monoisotopic (exact) mass is 371 g/mol. The molecule has 0 fully saturated rings. The maximum atomic E-state index is 13.3. The molecule has 1 aromatic carbocycles. The lowest BCUT2D eigenvalue weighted by molar-refractivity contribution is -0.386. The van der Waals surface area contributed by atoms with E-state index in [-0.39, 0.29) is 12.1 Å². The molecule has 7 nitrogen and oxygen atoms in total. The number of carbonyl (C=O) groups excluding carboxylic acids is 1. The van der Waals surface area contributed by atoms with Gasteiger partial charge in [0.25, 0.3) is 5.69 Å². The second kappa shape index (κ2) is 5.67. The highest BCUT2D eigenvalue weighted by Crippen LogP contribution is 2.37. The predicted molar refractivity (Wildman–Crippen MR) is 65.8 cm³/mol. The van der Waals surface area contributed by atoms with Gasteiger partial charge in [-0.15, -0.1) is 0 Å². The summed E-state index contributed by atoms with van der Waals surface area (Å²) in [5.41, 5.74) is -6.84. The number of non-ortho nitro benzene ring substituents is 1. The summed E-state index contributed by atoms with van der Waals surface area (Å²) in [6, 6.07) is 0.175. The first-order valence-corrected chi connectivity index (χ1v) is 6.43. The van der Waals surface area contributed by atoms with Crippen molar-refractivity contribution in [2.24, 2.45) is 9.98 Å². The van der Waals surface area contributed by atoms with Crippen molar-refractivity contribution in [2.45, 2.75) is 24.9 Å². The molecule has 1 aromatic rings. The first-order valence-electron chi connectivity index (χ1n) is 6.43. The van der Waals surface area contributed by atoms with Crippen LogP contribution in [0.3, 0.4) is 0 Å². The van der Waals surface area contributed by atoms with Crippen LogP contribution in [0.2, 0.25) is 0 Å². The number of benzene rings is 1. The van der Waals surface area contributed by atoms with E-state index in [4.69, 9.17) is 0 Å². The molecule has 0 radical (unpaired) electrons. The van der Waals surface area contributed by atoms with Crippen LogP contribution in [0.4, 0.5) is 32.0 Å². The molecule has 0 aromatic heterocycles. The zero-order valence-electron chi connectivity index (χ0n) is 12.1. The maximum Gasteiger partial charge on any atom is 0.445 e. The van der Waals surface area contributed by atoms with E-state index in [0.29, 0.717) is 0 Å². The molecule has 0 amide bonds. The van der Waals surface area contributed by atoms with E-state index < -0.39 is 57.5 Å². The number of esters is 1.